The van der Waals surface area contributed by atoms with E-state index in [1.807, 2.05) is 16.4 Å². The largest absolute Gasteiger partial charge is 0.383 e. The van der Waals surface area contributed by atoms with Crippen LogP contribution >= 0.6 is 11.3 Å². The average molecular weight is 388 g/mol. The summed E-state index contributed by atoms with van der Waals surface area (Å²) in [4.78, 5) is 33.8. The van der Waals surface area contributed by atoms with Crippen molar-refractivity contribution < 1.29 is 14.3 Å². The number of rotatable bonds is 5. The Hall–Kier alpha value is -2.19. The van der Waals surface area contributed by atoms with E-state index in [1.54, 1.807) is 24.6 Å². The number of methoxy groups -OCH3 is 1. The summed E-state index contributed by atoms with van der Waals surface area (Å²) in [6.45, 7) is 4.15. The normalized spacial score (nSPS) is 18.3. The monoisotopic (exact) mass is 388 g/mol. The summed E-state index contributed by atoms with van der Waals surface area (Å²) in [5.74, 6) is 0.617. The lowest BCUT2D eigenvalue weighted by atomic mass is 10.2. The van der Waals surface area contributed by atoms with Crippen LogP contribution in [-0.4, -0.2) is 53.1 Å². The zero-order valence-electron chi connectivity index (χ0n) is 15.7. The van der Waals surface area contributed by atoms with Crippen LogP contribution in [0.2, 0.25) is 0 Å². The molecule has 0 unspecified atom stereocenters. The molecular formula is C19H24N4O3S. The van der Waals surface area contributed by atoms with Gasteiger partial charge in [-0.1, -0.05) is 0 Å². The maximum Gasteiger partial charge on any atom is 0.271 e. The van der Waals surface area contributed by atoms with Crippen LogP contribution in [0.1, 0.15) is 55.8 Å². The summed E-state index contributed by atoms with van der Waals surface area (Å²) < 4.78 is 6.93. The summed E-state index contributed by atoms with van der Waals surface area (Å²) >= 11 is 1.63. The van der Waals surface area contributed by atoms with Crippen molar-refractivity contribution in [1.29, 1.82) is 0 Å². The van der Waals surface area contributed by atoms with Gasteiger partial charge in [-0.3, -0.25) is 9.59 Å². The number of aromatic nitrogens is 2. The fourth-order valence-corrected chi connectivity index (χ4v) is 5.02. The van der Waals surface area contributed by atoms with Crippen LogP contribution in [-0.2, 0) is 24.1 Å². The lowest BCUT2D eigenvalue weighted by Crippen LogP contribution is -2.40. The second-order valence-corrected chi connectivity index (χ2v) is 8.15. The summed E-state index contributed by atoms with van der Waals surface area (Å²) in [7, 11) is 1.59. The molecule has 0 aromatic carbocycles. The van der Waals surface area contributed by atoms with E-state index in [2.05, 4.69) is 16.4 Å². The minimum Gasteiger partial charge on any atom is -0.383 e. The summed E-state index contributed by atoms with van der Waals surface area (Å²) in [5.41, 5.74) is 1.72. The third kappa shape index (κ3) is 3.39. The highest BCUT2D eigenvalue weighted by Crippen LogP contribution is 2.33. The van der Waals surface area contributed by atoms with E-state index in [0.717, 1.165) is 23.5 Å². The van der Waals surface area contributed by atoms with Gasteiger partial charge in [0, 0.05) is 37.8 Å². The Morgan fingerprint density at radius 1 is 1.37 bits per heavy atom. The molecule has 0 spiro atoms. The first-order valence-electron chi connectivity index (χ1n) is 9.35. The first-order valence-corrected chi connectivity index (χ1v) is 10.2. The third-order valence-corrected chi connectivity index (χ3v) is 6.50. The minimum atomic E-state index is -0.214. The number of ether oxygens (including phenoxy) is 1. The molecule has 7 nitrogen and oxygen atoms in total. The highest BCUT2D eigenvalue weighted by Gasteiger charge is 2.32. The molecular weight excluding hydrogens is 364 g/mol. The lowest BCUT2D eigenvalue weighted by Gasteiger charge is -2.33. The second-order valence-electron chi connectivity index (χ2n) is 7.01. The Kier molecular flexibility index (Phi) is 5.01. The zero-order chi connectivity index (χ0) is 19.0. The Morgan fingerprint density at radius 2 is 2.22 bits per heavy atom. The molecule has 0 fully saturated rings. The van der Waals surface area contributed by atoms with Crippen LogP contribution in [0.25, 0.3) is 0 Å². The molecule has 27 heavy (non-hydrogen) atoms. The molecule has 2 aromatic heterocycles. The van der Waals surface area contributed by atoms with E-state index >= 15 is 0 Å². The number of thiophene rings is 1. The molecule has 3 heterocycles. The molecule has 1 aliphatic carbocycles. The van der Waals surface area contributed by atoms with Gasteiger partial charge in [-0.2, -0.15) is 0 Å². The van der Waals surface area contributed by atoms with Crippen molar-refractivity contribution >= 4 is 23.2 Å². The number of aryl methyl sites for hydroxylation is 2. The van der Waals surface area contributed by atoms with Gasteiger partial charge >= 0.3 is 0 Å². The van der Waals surface area contributed by atoms with Crippen LogP contribution in [0.4, 0.5) is 0 Å². The fraction of sp³-hybridized carbons (Fsp3) is 0.526. The molecule has 2 aromatic rings. The molecule has 1 atom stereocenters. The van der Waals surface area contributed by atoms with Crippen LogP contribution < -0.4 is 5.32 Å². The molecule has 2 aliphatic rings. The van der Waals surface area contributed by atoms with E-state index in [4.69, 9.17) is 4.74 Å². The predicted octanol–water partition coefficient (Wildman–Crippen LogP) is 2.03. The maximum atomic E-state index is 13.0. The smallest absolute Gasteiger partial charge is 0.271 e. The van der Waals surface area contributed by atoms with E-state index in [9.17, 15) is 9.59 Å². The number of fused-ring (bicyclic) bond motifs is 2. The SMILES string of the molecule is COCCNC(=O)c1cn2c(n1)[C@@H](C)N(C(=O)c1cc3c(s1)CCC3)CC2. The van der Waals surface area contributed by atoms with Crippen LogP contribution in [0.15, 0.2) is 12.3 Å². The standard InChI is InChI=1S/C19H24N4O3S/c1-12-17-21-14(18(24)20-6-9-26-2)11-22(17)7-8-23(12)19(25)16-10-13-4-3-5-15(13)27-16/h10-12H,3-9H2,1-2H3,(H,20,24)/t12-/m1/s1. The molecule has 1 N–H and O–H groups in total. The van der Waals surface area contributed by atoms with Gasteiger partial charge in [0.05, 0.1) is 17.5 Å². The molecule has 0 saturated heterocycles. The lowest BCUT2D eigenvalue weighted by molar-refractivity contribution is 0.0643. The second kappa shape index (κ2) is 7.44. The highest BCUT2D eigenvalue weighted by molar-refractivity contribution is 7.14. The highest BCUT2D eigenvalue weighted by atomic mass is 32.1. The Bertz CT molecular complexity index is 851. The topological polar surface area (TPSA) is 76.5 Å². The summed E-state index contributed by atoms with van der Waals surface area (Å²) in [5, 5.41) is 2.79. The number of nitrogens with one attached hydrogen (secondary N) is 1. The van der Waals surface area contributed by atoms with Crippen molar-refractivity contribution in [3.8, 4) is 0 Å². The first kappa shape index (κ1) is 18.2. The van der Waals surface area contributed by atoms with Gasteiger partial charge in [0.2, 0.25) is 0 Å². The van der Waals surface area contributed by atoms with Gasteiger partial charge in [0.25, 0.3) is 11.8 Å². The quantitative estimate of drug-likeness (QED) is 0.795. The van der Waals surface area contributed by atoms with E-state index in [0.29, 0.717) is 31.9 Å². The van der Waals surface area contributed by atoms with Gasteiger partial charge < -0.3 is 19.5 Å². The van der Waals surface area contributed by atoms with Crippen molar-refractivity contribution in [1.82, 2.24) is 19.8 Å². The van der Waals surface area contributed by atoms with Gasteiger partial charge in [-0.05, 0) is 37.8 Å². The number of nitrogens with zero attached hydrogens (tertiary/aromatic N) is 3. The van der Waals surface area contributed by atoms with Crippen LogP contribution in [0.3, 0.4) is 0 Å². The van der Waals surface area contributed by atoms with Gasteiger partial charge in [-0.15, -0.1) is 11.3 Å². The van der Waals surface area contributed by atoms with E-state index in [1.165, 1.54) is 16.9 Å². The van der Waals surface area contributed by atoms with Crippen molar-refractivity contribution in [2.45, 2.75) is 38.8 Å². The number of hydrogen-bond donors (Lipinski definition) is 1. The molecule has 2 amide bonds. The number of carbonyl (C=O) groups excluding carboxylic acids is 2. The molecule has 8 heteroatoms. The molecule has 0 radical (unpaired) electrons. The number of carbonyl (C=O) groups is 2. The van der Waals surface area contributed by atoms with Crippen LogP contribution in [0, 0.1) is 0 Å². The molecule has 0 saturated carbocycles. The van der Waals surface area contributed by atoms with Crippen molar-refractivity contribution in [2.75, 3.05) is 26.8 Å². The minimum absolute atomic E-state index is 0.0715. The number of hydrogen-bond acceptors (Lipinski definition) is 5. The fourth-order valence-electron chi connectivity index (χ4n) is 3.81. The van der Waals surface area contributed by atoms with Crippen LogP contribution in [0.5, 0.6) is 0 Å². The third-order valence-electron chi connectivity index (χ3n) is 5.27. The predicted molar refractivity (Wildman–Crippen MR) is 102 cm³/mol. The Balaban J connectivity index is 1.49. The maximum absolute atomic E-state index is 13.0. The Morgan fingerprint density at radius 3 is 3.00 bits per heavy atom. The molecule has 144 valence electrons. The van der Waals surface area contributed by atoms with E-state index in [-0.39, 0.29) is 17.9 Å². The number of imidazole rings is 1. The summed E-state index contributed by atoms with van der Waals surface area (Å²) in [6.07, 6.45) is 5.15. The van der Waals surface area contributed by atoms with Gasteiger partial charge in [-0.25, -0.2) is 4.98 Å². The van der Waals surface area contributed by atoms with Crippen molar-refractivity contribution in [3.05, 3.63) is 39.1 Å². The number of amides is 2. The Labute approximate surface area is 162 Å². The first-order chi connectivity index (χ1) is 13.1. The van der Waals surface area contributed by atoms with Gasteiger partial charge in [0.1, 0.15) is 11.5 Å². The van der Waals surface area contributed by atoms with Crippen molar-refractivity contribution in [3.63, 3.8) is 0 Å². The zero-order valence-corrected chi connectivity index (χ0v) is 16.5. The van der Waals surface area contributed by atoms with E-state index < -0.39 is 0 Å². The molecule has 4 rings (SSSR count). The summed E-state index contributed by atoms with van der Waals surface area (Å²) in [6, 6.07) is 1.90. The molecule has 0 bridgehead atoms. The average Bonchev–Trinajstić information content (AvgIpc) is 3.36. The van der Waals surface area contributed by atoms with Crippen molar-refractivity contribution in [2.24, 2.45) is 0 Å². The van der Waals surface area contributed by atoms with Gasteiger partial charge in [0.15, 0.2) is 0 Å². The molecule has 1 aliphatic heterocycles.